The number of hydrogen-bond acceptors (Lipinski definition) is 4. The third-order valence-electron chi connectivity index (χ3n) is 4.97. The smallest absolute Gasteiger partial charge is 0.141 e. The first-order valence-corrected chi connectivity index (χ1v) is 8.04. The van der Waals surface area contributed by atoms with E-state index >= 15 is 0 Å². The fourth-order valence-electron chi connectivity index (χ4n) is 3.27. The van der Waals surface area contributed by atoms with Crippen molar-refractivity contribution < 1.29 is 0 Å². The van der Waals surface area contributed by atoms with Crippen molar-refractivity contribution in [2.24, 2.45) is 0 Å². The van der Waals surface area contributed by atoms with Gasteiger partial charge in [0.25, 0.3) is 0 Å². The maximum atomic E-state index is 4.46. The van der Waals surface area contributed by atoms with Crippen LogP contribution >= 0.6 is 0 Å². The average molecular weight is 279 g/mol. The van der Waals surface area contributed by atoms with Crippen LogP contribution in [-0.4, -0.2) is 44.3 Å². The lowest BCUT2D eigenvalue weighted by Crippen LogP contribution is -2.63. The molecule has 5 nitrogen and oxygen atoms in total. The summed E-state index contributed by atoms with van der Waals surface area (Å²) >= 11 is 0. The van der Waals surface area contributed by atoms with Gasteiger partial charge in [0.2, 0.25) is 0 Å². The lowest BCUT2D eigenvalue weighted by atomic mass is 9.87. The Kier molecular flexibility index (Phi) is 5.16. The molecule has 1 saturated heterocycles. The molecule has 0 radical (unpaired) electrons. The van der Waals surface area contributed by atoms with E-state index in [0.29, 0.717) is 6.04 Å². The normalized spacial score (nSPS) is 23.1. The van der Waals surface area contributed by atoms with Crippen LogP contribution in [0.5, 0.6) is 0 Å². The first-order chi connectivity index (χ1) is 9.69. The number of rotatable bonds is 6. The number of aromatic nitrogens is 3. The number of hydrogen-bond donors (Lipinski definition) is 1. The Morgan fingerprint density at radius 3 is 2.65 bits per heavy atom. The molecule has 0 spiro atoms. The Balaban J connectivity index is 2.19. The van der Waals surface area contributed by atoms with E-state index in [1.54, 1.807) is 6.33 Å². The molecule has 0 amide bonds. The molecule has 1 fully saturated rings. The highest BCUT2D eigenvalue weighted by molar-refractivity contribution is 4.99. The van der Waals surface area contributed by atoms with Gasteiger partial charge in [-0.15, -0.1) is 0 Å². The Bertz CT molecular complexity index is 410. The fourth-order valence-corrected chi connectivity index (χ4v) is 3.27. The second-order valence-electron chi connectivity index (χ2n) is 5.79. The van der Waals surface area contributed by atoms with E-state index in [1.165, 1.54) is 19.3 Å². The maximum absolute atomic E-state index is 4.46. The molecule has 1 atom stereocenters. The van der Waals surface area contributed by atoms with E-state index in [0.717, 1.165) is 32.0 Å². The largest absolute Gasteiger partial charge is 0.311 e. The minimum atomic E-state index is 0.260. The van der Waals surface area contributed by atoms with E-state index in [9.17, 15) is 0 Å². The van der Waals surface area contributed by atoms with Crippen LogP contribution in [0.15, 0.2) is 6.33 Å². The molecule has 1 aliphatic rings. The zero-order valence-corrected chi connectivity index (χ0v) is 13.4. The van der Waals surface area contributed by atoms with Gasteiger partial charge in [0, 0.05) is 31.2 Å². The van der Waals surface area contributed by atoms with E-state index in [1.807, 2.05) is 4.68 Å². The average Bonchev–Trinajstić information content (AvgIpc) is 2.94. The Morgan fingerprint density at radius 2 is 2.05 bits per heavy atom. The van der Waals surface area contributed by atoms with Gasteiger partial charge in [-0.3, -0.25) is 4.90 Å². The van der Waals surface area contributed by atoms with Gasteiger partial charge in [0.15, 0.2) is 0 Å². The topological polar surface area (TPSA) is 46.0 Å². The van der Waals surface area contributed by atoms with E-state index in [4.69, 9.17) is 0 Å². The predicted molar refractivity (Wildman–Crippen MR) is 81.5 cm³/mol. The molecule has 2 rings (SSSR count). The standard InChI is InChI=1S/C15H29N5/c1-5-13-9-19(15(6-2,7-3)11-16-13)10-14-17-12-18-20(14)8-4/h12-13,16H,5-11H2,1-4H3. The molecule has 0 bridgehead atoms. The summed E-state index contributed by atoms with van der Waals surface area (Å²) in [6.07, 6.45) is 5.21. The molecular weight excluding hydrogens is 250 g/mol. The van der Waals surface area contributed by atoms with Gasteiger partial charge in [0.1, 0.15) is 12.2 Å². The van der Waals surface area contributed by atoms with Gasteiger partial charge in [-0.25, -0.2) is 9.67 Å². The highest BCUT2D eigenvalue weighted by atomic mass is 15.4. The molecule has 20 heavy (non-hydrogen) atoms. The molecule has 1 unspecified atom stereocenters. The number of piperazine rings is 1. The highest BCUT2D eigenvalue weighted by Crippen LogP contribution is 2.28. The van der Waals surface area contributed by atoms with E-state index in [2.05, 4.69) is 48.0 Å². The lowest BCUT2D eigenvalue weighted by molar-refractivity contribution is 0.0207. The molecule has 5 heteroatoms. The summed E-state index contributed by atoms with van der Waals surface area (Å²) < 4.78 is 2.01. The van der Waals surface area contributed by atoms with Crippen molar-refractivity contribution >= 4 is 0 Å². The third kappa shape index (κ3) is 2.88. The van der Waals surface area contributed by atoms with Gasteiger partial charge in [-0.2, -0.15) is 5.10 Å². The van der Waals surface area contributed by atoms with Crippen molar-refractivity contribution in [3.8, 4) is 0 Å². The zero-order chi connectivity index (χ0) is 14.6. The van der Waals surface area contributed by atoms with Crippen molar-refractivity contribution in [2.75, 3.05) is 13.1 Å². The molecule has 0 saturated carbocycles. The molecule has 0 aliphatic carbocycles. The van der Waals surface area contributed by atoms with Gasteiger partial charge in [-0.05, 0) is 26.2 Å². The zero-order valence-electron chi connectivity index (χ0n) is 13.4. The Labute approximate surface area is 122 Å². The minimum absolute atomic E-state index is 0.260. The quantitative estimate of drug-likeness (QED) is 0.865. The van der Waals surface area contributed by atoms with Crippen molar-refractivity contribution in [3.05, 3.63) is 12.2 Å². The van der Waals surface area contributed by atoms with Crippen LogP contribution in [0.1, 0.15) is 52.8 Å². The number of nitrogens with zero attached hydrogens (tertiary/aromatic N) is 4. The molecule has 0 aromatic carbocycles. The van der Waals surface area contributed by atoms with Crippen LogP contribution in [0.25, 0.3) is 0 Å². The van der Waals surface area contributed by atoms with Crippen LogP contribution in [0, 0.1) is 0 Å². The fraction of sp³-hybridized carbons (Fsp3) is 0.867. The second kappa shape index (κ2) is 6.68. The Morgan fingerprint density at radius 1 is 1.30 bits per heavy atom. The third-order valence-corrected chi connectivity index (χ3v) is 4.97. The number of nitrogens with one attached hydrogen (secondary N) is 1. The SMILES string of the molecule is CCC1CN(Cc2ncnn2CC)C(CC)(CC)CN1. The summed E-state index contributed by atoms with van der Waals surface area (Å²) in [5.41, 5.74) is 0.260. The molecule has 1 aromatic rings. The van der Waals surface area contributed by atoms with Crippen LogP contribution < -0.4 is 5.32 Å². The van der Waals surface area contributed by atoms with Crippen molar-refractivity contribution in [3.63, 3.8) is 0 Å². The van der Waals surface area contributed by atoms with Crippen molar-refractivity contribution in [2.45, 2.75) is 71.6 Å². The first-order valence-electron chi connectivity index (χ1n) is 8.04. The van der Waals surface area contributed by atoms with Crippen LogP contribution in [0.4, 0.5) is 0 Å². The van der Waals surface area contributed by atoms with Crippen LogP contribution in [-0.2, 0) is 13.1 Å². The van der Waals surface area contributed by atoms with Gasteiger partial charge in [-0.1, -0.05) is 20.8 Å². The predicted octanol–water partition coefficient (Wildman–Crippen LogP) is 2.04. The summed E-state index contributed by atoms with van der Waals surface area (Å²) in [5, 5.41) is 8.02. The first kappa shape index (κ1) is 15.4. The molecule has 2 heterocycles. The van der Waals surface area contributed by atoms with Crippen LogP contribution in [0.3, 0.4) is 0 Å². The van der Waals surface area contributed by atoms with Crippen LogP contribution in [0.2, 0.25) is 0 Å². The molecule has 114 valence electrons. The summed E-state index contributed by atoms with van der Waals surface area (Å²) in [6, 6.07) is 0.597. The van der Waals surface area contributed by atoms with Gasteiger partial charge >= 0.3 is 0 Å². The Hall–Kier alpha value is -0.940. The summed E-state index contributed by atoms with van der Waals surface area (Å²) in [5.74, 6) is 1.09. The van der Waals surface area contributed by atoms with E-state index in [-0.39, 0.29) is 5.54 Å². The van der Waals surface area contributed by atoms with Crippen molar-refractivity contribution in [1.29, 1.82) is 0 Å². The summed E-state index contributed by atoms with van der Waals surface area (Å²) in [6.45, 7) is 13.0. The highest BCUT2D eigenvalue weighted by Gasteiger charge is 2.38. The lowest BCUT2D eigenvalue weighted by Gasteiger charge is -2.49. The summed E-state index contributed by atoms with van der Waals surface area (Å²) in [4.78, 5) is 7.09. The number of aryl methyl sites for hydroxylation is 1. The summed E-state index contributed by atoms with van der Waals surface area (Å²) in [7, 11) is 0. The van der Waals surface area contributed by atoms with E-state index < -0.39 is 0 Å². The second-order valence-corrected chi connectivity index (χ2v) is 5.79. The molecule has 1 aliphatic heterocycles. The van der Waals surface area contributed by atoms with Gasteiger partial charge in [0.05, 0.1) is 6.54 Å². The molecule has 1 N–H and O–H groups in total. The molecular formula is C15H29N5. The maximum Gasteiger partial charge on any atom is 0.141 e. The molecule has 1 aromatic heterocycles. The monoisotopic (exact) mass is 279 g/mol. The van der Waals surface area contributed by atoms with Gasteiger partial charge < -0.3 is 5.32 Å². The van der Waals surface area contributed by atoms with Crippen molar-refractivity contribution in [1.82, 2.24) is 25.0 Å². The minimum Gasteiger partial charge on any atom is -0.311 e.